The average molecular weight is 341 g/mol. The summed E-state index contributed by atoms with van der Waals surface area (Å²) < 4.78 is 29.6. The predicted octanol–water partition coefficient (Wildman–Crippen LogP) is 2.05. The van der Waals surface area contributed by atoms with Crippen LogP contribution in [-0.4, -0.2) is 39.8 Å². The maximum absolute atomic E-state index is 12.4. The Bertz CT molecular complexity index is 615. The van der Waals surface area contributed by atoms with Gasteiger partial charge >= 0.3 is 0 Å². The van der Waals surface area contributed by atoms with Crippen LogP contribution in [-0.2, 0) is 30.5 Å². The summed E-state index contributed by atoms with van der Waals surface area (Å²) in [7, 11) is -2.03. The smallest absolute Gasteiger partial charge is 0.238 e. The van der Waals surface area contributed by atoms with Crippen LogP contribution in [0.4, 0.5) is 0 Å². The van der Waals surface area contributed by atoms with Crippen LogP contribution in [0.1, 0.15) is 38.8 Å². The number of hydrogen-bond donors (Lipinski definition) is 1. The second-order valence-electron chi connectivity index (χ2n) is 6.68. The van der Waals surface area contributed by atoms with Crippen LogP contribution in [0, 0.1) is 0 Å². The highest BCUT2D eigenvalue weighted by atomic mass is 32.2. The molecule has 6 heteroatoms. The van der Waals surface area contributed by atoms with Crippen LogP contribution in [0.25, 0.3) is 0 Å². The Morgan fingerprint density at radius 1 is 1.22 bits per heavy atom. The summed E-state index contributed by atoms with van der Waals surface area (Å²) in [4.78, 5) is 11.9. The van der Waals surface area contributed by atoms with E-state index >= 15 is 0 Å². The molecule has 0 aliphatic heterocycles. The van der Waals surface area contributed by atoms with E-state index in [2.05, 4.69) is 26.1 Å². The zero-order valence-electron chi connectivity index (χ0n) is 14.5. The van der Waals surface area contributed by atoms with Crippen molar-refractivity contribution in [3.8, 4) is 0 Å². The van der Waals surface area contributed by atoms with Crippen molar-refractivity contribution in [1.29, 1.82) is 0 Å². The molecule has 1 rings (SSSR count). The number of ether oxygens (including phenoxy) is 1. The van der Waals surface area contributed by atoms with Crippen molar-refractivity contribution in [1.82, 2.24) is 5.32 Å². The van der Waals surface area contributed by atoms with E-state index < -0.39 is 21.0 Å². The first kappa shape index (κ1) is 19.6. The number of benzene rings is 1. The fourth-order valence-corrected chi connectivity index (χ4v) is 3.36. The van der Waals surface area contributed by atoms with E-state index in [0.29, 0.717) is 18.7 Å². The summed E-state index contributed by atoms with van der Waals surface area (Å²) in [5.74, 6) is -0.635. The summed E-state index contributed by atoms with van der Waals surface area (Å²) in [6, 6.07) is 7.50. The molecule has 0 heterocycles. The molecule has 1 unspecified atom stereocenters. The van der Waals surface area contributed by atoms with Crippen LogP contribution < -0.4 is 5.32 Å². The van der Waals surface area contributed by atoms with Gasteiger partial charge in [0.1, 0.15) is 5.25 Å². The number of methoxy groups -OCH3 is 1. The molecule has 0 fully saturated rings. The summed E-state index contributed by atoms with van der Waals surface area (Å²) in [5, 5.41) is 1.48. The van der Waals surface area contributed by atoms with Gasteiger partial charge in [-0.1, -0.05) is 45.0 Å². The van der Waals surface area contributed by atoms with Gasteiger partial charge in [-0.15, -0.1) is 0 Å². The molecule has 5 nitrogen and oxygen atoms in total. The average Bonchev–Trinajstić information content (AvgIpc) is 2.45. The third-order valence-corrected chi connectivity index (χ3v) is 5.73. The number of nitrogens with one attached hydrogen (secondary N) is 1. The Morgan fingerprint density at radius 2 is 1.78 bits per heavy atom. The Hall–Kier alpha value is -1.40. The number of amides is 1. The highest BCUT2D eigenvalue weighted by Gasteiger charge is 2.28. The van der Waals surface area contributed by atoms with Gasteiger partial charge in [-0.25, -0.2) is 8.42 Å². The van der Waals surface area contributed by atoms with Gasteiger partial charge in [0.05, 0.1) is 12.4 Å². The molecule has 1 N–H and O–H groups in total. The monoisotopic (exact) mass is 341 g/mol. The topological polar surface area (TPSA) is 72.5 Å². The van der Waals surface area contributed by atoms with E-state index in [-0.39, 0.29) is 11.2 Å². The second-order valence-corrected chi connectivity index (χ2v) is 9.00. The molecule has 0 saturated heterocycles. The van der Waals surface area contributed by atoms with Gasteiger partial charge < -0.3 is 10.1 Å². The number of hydrogen-bond acceptors (Lipinski definition) is 4. The standard InChI is InChI=1S/C17H27NO4S/c1-13(16(19)18-10-11-22-5)23(20,21)12-14-6-8-15(9-7-14)17(2,3)4/h6-9,13H,10-12H2,1-5H3,(H,18,19). The van der Waals surface area contributed by atoms with Crippen LogP contribution in [0.2, 0.25) is 0 Å². The highest BCUT2D eigenvalue weighted by molar-refractivity contribution is 7.92. The Labute approximate surface area is 139 Å². The molecule has 0 spiro atoms. The predicted molar refractivity (Wildman–Crippen MR) is 92.1 cm³/mol. The van der Waals surface area contributed by atoms with Gasteiger partial charge in [-0.3, -0.25) is 4.79 Å². The zero-order chi connectivity index (χ0) is 17.7. The zero-order valence-corrected chi connectivity index (χ0v) is 15.4. The molecule has 1 atom stereocenters. The molecule has 0 bridgehead atoms. The number of sulfone groups is 1. The number of rotatable bonds is 7. The first-order chi connectivity index (χ1) is 10.6. The Kier molecular flexibility index (Phi) is 6.77. The lowest BCUT2D eigenvalue weighted by Crippen LogP contribution is -2.39. The van der Waals surface area contributed by atoms with Crippen molar-refractivity contribution in [2.24, 2.45) is 0 Å². The molecule has 130 valence electrons. The largest absolute Gasteiger partial charge is 0.383 e. The van der Waals surface area contributed by atoms with Crippen LogP contribution >= 0.6 is 0 Å². The minimum atomic E-state index is -3.55. The van der Waals surface area contributed by atoms with Gasteiger partial charge in [0.25, 0.3) is 0 Å². The molecular formula is C17H27NO4S. The number of carbonyl (C=O) groups is 1. The van der Waals surface area contributed by atoms with Crippen LogP contribution in [0.3, 0.4) is 0 Å². The van der Waals surface area contributed by atoms with E-state index in [9.17, 15) is 13.2 Å². The third-order valence-electron chi connectivity index (χ3n) is 3.70. The van der Waals surface area contributed by atoms with Gasteiger partial charge in [-0.2, -0.15) is 0 Å². The van der Waals surface area contributed by atoms with E-state index in [1.165, 1.54) is 14.0 Å². The summed E-state index contributed by atoms with van der Waals surface area (Å²) in [5.41, 5.74) is 1.85. The third kappa shape index (κ3) is 5.95. The van der Waals surface area contributed by atoms with Crippen molar-refractivity contribution >= 4 is 15.7 Å². The second kappa shape index (κ2) is 7.93. The minimum Gasteiger partial charge on any atom is -0.383 e. The highest BCUT2D eigenvalue weighted by Crippen LogP contribution is 2.23. The quantitative estimate of drug-likeness (QED) is 0.771. The maximum atomic E-state index is 12.4. The molecule has 0 radical (unpaired) electrons. The molecule has 0 aliphatic rings. The lowest BCUT2D eigenvalue weighted by Gasteiger charge is -2.19. The Balaban J connectivity index is 2.76. The minimum absolute atomic E-state index is 0.0198. The van der Waals surface area contributed by atoms with Crippen molar-refractivity contribution in [3.63, 3.8) is 0 Å². The molecule has 1 aromatic rings. The lowest BCUT2D eigenvalue weighted by molar-refractivity contribution is -0.120. The molecule has 23 heavy (non-hydrogen) atoms. The molecule has 0 aromatic heterocycles. The van der Waals surface area contributed by atoms with Crippen molar-refractivity contribution in [2.75, 3.05) is 20.3 Å². The summed E-state index contributed by atoms with van der Waals surface area (Å²) in [6.45, 7) is 8.38. The fourth-order valence-electron chi connectivity index (χ4n) is 2.04. The SMILES string of the molecule is COCCNC(=O)C(C)S(=O)(=O)Cc1ccc(C(C)(C)C)cc1. The maximum Gasteiger partial charge on any atom is 0.238 e. The van der Waals surface area contributed by atoms with Crippen molar-refractivity contribution in [2.45, 2.75) is 44.1 Å². The number of carbonyl (C=O) groups excluding carboxylic acids is 1. The van der Waals surface area contributed by atoms with Crippen molar-refractivity contribution < 1.29 is 17.9 Å². The lowest BCUT2D eigenvalue weighted by atomic mass is 9.87. The van der Waals surface area contributed by atoms with Crippen LogP contribution in [0.5, 0.6) is 0 Å². The van der Waals surface area contributed by atoms with Crippen molar-refractivity contribution in [3.05, 3.63) is 35.4 Å². The molecular weight excluding hydrogens is 314 g/mol. The molecule has 1 aromatic carbocycles. The van der Waals surface area contributed by atoms with Gasteiger partial charge in [0, 0.05) is 13.7 Å². The van der Waals surface area contributed by atoms with Crippen LogP contribution in [0.15, 0.2) is 24.3 Å². The normalized spacial score (nSPS) is 13.6. The van der Waals surface area contributed by atoms with E-state index in [0.717, 1.165) is 5.56 Å². The van der Waals surface area contributed by atoms with E-state index in [4.69, 9.17) is 4.74 Å². The van der Waals surface area contributed by atoms with Gasteiger partial charge in [-0.05, 0) is 23.5 Å². The first-order valence-electron chi connectivity index (χ1n) is 7.65. The van der Waals surface area contributed by atoms with E-state index in [1.807, 2.05) is 24.3 Å². The molecule has 1 amide bonds. The van der Waals surface area contributed by atoms with Gasteiger partial charge in [0.15, 0.2) is 9.84 Å². The fraction of sp³-hybridized carbons (Fsp3) is 0.588. The summed E-state index contributed by atoms with van der Waals surface area (Å²) in [6.07, 6.45) is 0. The molecule has 0 saturated carbocycles. The first-order valence-corrected chi connectivity index (χ1v) is 9.37. The van der Waals surface area contributed by atoms with Gasteiger partial charge in [0.2, 0.25) is 5.91 Å². The molecule has 0 aliphatic carbocycles. The summed E-state index contributed by atoms with van der Waals surface area (Å²) >= 11 is 0. The van der Waals surface area contributed by atoms with E-state index in [1.54, 1.807) is 0 Å². The Morgan fingerprint density at radius 3 is 2.26 bits per heavy atom.